The van der Waals surface area contributed by atoms with Crippen molar-refractivity contribution in [1.29, 1.82) is 0 Å². The lowest BCUT2D eigenvalue weighted by atomic mass is 9.41. The van der Waals surface area contributed by atoms with Crippen molar-refractivity contribution in [3.8, 4) is 0 Å². The van der Waals surface area contributed by atoms with Crippen LogP contribution in [0.25, 0.3) is 0 Å². The molecule has 0 spiro atoms. The Morgan fingerprint density at radius 2 is 1.33 bits per heavy atom. The summed E-state index contributed by atoms with van der Waals surface area (Å²) in [6, 6.07) is 0. The predicted molar refractivity (Wildman–Crippen MR) is 65.3 cm³/mol. The molecule has 0 radical (unpaired) electrons. The third-order valence-corrected chi connectivity index (χ3v) is 5.24. The number of carbonyl (C=O) groups is 4. The van der Waals surface area contributed by atoms with Crippen molar-refractivity contribution in [3.05, 3.63) is 0 Å². The highest BCUT2D eigenvalue weighted by atomic mass is 16.4. The maximum absolute atomic E-state index is 11.4. The minimum absolute atomic E-state index is 0.114. The van der Waals surface area contributed by atoms with E-state index in [0.29, 0.717) is 0 Å². The molecule has 0 heterocycles. The van der Waals surface area contributed by atoms with Gasteiger partial charge in [-0.3, -0.25) is 19.2 Å². The maximum Gasteiger partial charge on any atom is 0.310 e. The van der Waals surface area contributed by atoms with Gasteiger partial charge >= 0.3 is 23.9 Å². The van der Waals surface area contributed by atoms with E-state index in [1.54, 1.807) is 0 Å². The van der Waals surface area contributed by atoms with Gasteiger partial charge in [-0.2, -0.15) is 0 Å². The summed E-state index contributed by atoms with van der Waals surface area (Å²) in [4.78, 5) is 45.2. The van der Waals surface area contributed by atoms with E-state index < -0.39 is 58.9 Å². The predicted octanol–water partition coefficient (Wildman–Crippen LogP) is 0.219. The molecular formula is C13H16O8. The molecule has 0 bridgehead atoms. The second kappa shape index (κ2) is 4.71. The molecule has 4 N–H and O–H groups in total. The zero-order valence-electron chi connectivity index (χ0n) is 11.2. The monoisotopic (exact) mass is 300 g/mol. The van der Waals surface area contributed by atoms with E-state index in [0.717, 1.165) is 0 Å². The van der Waals surface area contributed by atoms with Gasteiger partial charge in [0.05, 0.1) is 23.2 Å². The Bertz CT molecular complexity index is 526. The van der Waals surface area contributed by atoms with E-state index in [9.17, 15) is 29.4 Å². The van der Waals surface area contributed by atoms with Crippen LogP contribution in [0.5, 0.6) is 0 Å². The first kappa shape index (κ1) is 15.3. The Morgan fingerprint density at radius 1 is 0.857 bits per heavy atom. The molecule has 0 aromatic rings. The fourth-order valence-corrected chi connectivity index (χ4v) is 4.13. The molecule has 2 saturated carbocycles. The summed E-state index contributed by atoms with van der Waals surface area (Å²) >= 11 is 0. The maximum atomic E-state index is 11.4. The van der Waals surface area contributed by atoms with Gasteiger partial charge in [0.25, 0.3) is 0 Å². The Kier molecular flexibility index (Phi) is 3.43. The van der Waals surface area contributed by atoms with Crippen LogP contribution in [0, 0.1) is 35.0 Å². The number of carboxylic acid groups (broad SMARTS) is 4. The van der Waals surface area contributed by atoms with Crippen molar-refractivity contribution in [1.82, 2.24) is 0 Å². The van der Waals surface area contributed by atoms with Crippen LogP contribution in [0.4, 0.5) is 0 Å². The van der Waals surface area contributed by atoms with Crippen LogP contribution in [0.1, 0.15) is 19.8 Å². The molecule has 2 rings (SSSR count). The topological polar surface area (TPSA) is 149 Å². The summed E-state index contributed by atoms with van der Waals surface area (Å²) < 4.78 is 0. The third kappa shape index (κ3) is 1.97. The lowest BCUT2D eigenvalue weighted by Gasteiger charge is -2.59. The molecule has 116 valence electrons. The number of hydrogen-bond donors (Lipinski definition) is 4. The minimum Gasteiger partial charge on any atom is -0.481 e. The molecular weight excluding hydrogens is 284 g/mol. The van der Waals surface area contributed by atoms with Gasteiger partial charge < -0.3 is 20.4 Å². The van der Waals surface area contributed by atoms with Crippen molar-refractivity contribution in [3.63, 3.8) is 0 Å². The molecule has 2 fully saturated rings. The summed E-state index contributed by atoms with van der Waals surface area (Å²) in [6.07, 6.45) is -0.236. The summed E-state index contributed by atoms with van der Waals surface area (Å²) in [5.74, 6) is -9.92. The molecule has 8 heteroatoms. The average Bonchev–Trinajstić information content (AvgIpc) is 2.35. The molecule has 0 saturated heterocycles. The van der Waals surface area contributed by atoms with Gasteiger partial charge in [0.2, 0.25) is 0 Å². The van der Waals surface area contributed by atoms with Crippen LogP contribution in [0.3, 0.4) is 0 Å². The first-order valence-electron chi connectivity index (χ1n) is 6.54. The zero-order chi connectivity index (χ0) is 16.1. The number of carboxylic acids is 4. The molecule has 0 aromatic carbocycles. The molecule has 6 unspecified atom stereocenters. The van der Waals surface area contributed by atoms with Gasteiger partial charge in [-0.1, -0.05) is 0 Å². The first-order chi connectivity index (χ1) is 9.62. The van der Waals surface area contributed by atoms with E-state index in [1.165, 1.54) is 6.92 Å². The summed E-state index contributed by atoms with van der Waals surface area (Å²) in [5.41, 5.74) is -1.55. The Balaban J connectivity index is 2.37. The normalized spacial score (nSPS) is 41.5. The molecule has 8 nitrogen and oxygen atoms in total. The van der Waals surface area contributed by atoms with Crippen LogP contribution in [-0.4, -0.2) is 44.3 Å². The summed E-state index contributed by atoms with van der Waals surface area (Å²) in [7, 11) is 0. The largest absolute Gasteiger partial charge is 0.481 e. The second-order valence-corrected chi connectivity index (χ2v) is 6.03. The van der Waals surface area contributed by atoms with E-state index in [4.69, 9.17) is 10.2 Å². The van der Waals surface area contributed by atoms with Crippen LogP contribution in [0.2, 0.25) is 0 Å². The Morgan fingerprint density at radius 3 is 1.71 bits per heavy atom. The molecule has 0 amide bonds. The highest BCUT2D eigenvalue weighted by Crippen LogP contribution is 2.63. The summed E-state index contributed by atoms with van der Waals surface area (Å²) in [6.45, 7) is 1.30. The smallest absolute Gasteiger partial charge is 0.310 e. The third-order valence-electron chi connectivity index (χ3n) is 5.24. The SMILES string of the molecule is CC1(C(=O)O)C2CC(C(=O)O)C(C(=O)O)CC2C1C(=O)O. The fourth-order valence-electron chi connectivity index (χ4n) is 4.13. The van der Waals surface area contributed by atoms with Crippen molar-refractivity contribution in [2.45, 2.75) is 19.8 Å². The van der Waals surface area contributed by atoms with E-state index in [2.05, 4.69) is 0 Å². The summed E-state index contributed by atoms with van der Waals surface area (Å²) in [5, 5.41) is 36.8. The van der Waals surface area contributed by atoms with E-state index >= 15 is 0 Å². The molecule has 2 aliphatic rings. The average molecular weight is 300 g/mol. The highest BCUT2D eigenvalue weighted by Gasteiger charge is 2.69. The number of aliphatic carboxylic acids is 4. The van der Waals surface area contributed by atoms with Crippen LogP contribution < -0.4 is 0 Å². The van der Waals surface area contributed by atoms with Crippen molar-refractivity contribution < 1.29 is 39.6 Å². The van der Waals surface area contributed by atoms with Gasteiger partial charge in [0.15, 0.2) is 0 Å². The van der Waals surface area contributed by atoms with E-state index in [1.807, 2.05) is 0 Å². The standard InChI is InChI=1S/C13H16O8/c1-13(12(20)21)7-3-5(10(16)17)4(9(14)15)2-6(7)8(13)11(18)19/h4-8H,2-3H2,1H3,(H,14,15)(H,16,17)(H,18,19)(H,20,21). The quantitative estimate of drug-likeness (QED) is 0.576. The van der Waals surface area contributed by atoms with Gasteiger partial charge in [0, 0.05) is 0 Å². The van der Waals surface area contributed by atoms with Gasteiger partial charge in [-0.05, 0) is 31.6 Å². The van der Waals surface area contributed by atoms with Crippen LogP contribution in [-0.2, 0) is 19.2 Å². The van der Waals surface area contributed by atoms with E-state index in [-0.39, 0.29) is 12.8 Å². The van der Waals surface area contributed by atoms with Crippen LogP contribution >= 0.6 is 0 Å². The van der Waals surface area contributed by atoms with Crippen LogP contribution in [0.15, 0.2) is 0 Å². The van der Waals surface area contributed by atoms with Gasteiger partial charge in [0.1, 0.15) is 0 Å². The molecule has 21 heavy (non-hydrogen) atoms. The lowest BCUT2D eigenvalue weighted by Crippen LogP contribution is -2.65. The van der Waals surface area contributed by atoms with Gasteiger partial charge in [-0.25, -0.2) is 0 Å². The molecule has 2 aliphatic carbocycles. The fraction of sp³-hybridized carbons (Fsp3) is 0.692. The molecule has 6 atom stereocenters. The molecule has 0 aromatic heterocycles. The van der Waals surface area contributed by atoms with Crippen molar-refractivity contribution >= 4 is 23.9 Å². The lowest BCUT2D eigenvalue weighted by molar-refractivity contribution is -0.210. The number of fused-ring (bicyclic) bond motifs is 1. The first-order valence-corrected chi connectivity index (χ1v) is 6.54. The Hall–Kier alpha value is -2.12. The Labute approximate surface area is 119 Å². The molecule has 0 aliphatic heterocycles. The number of hydrogen-bond acceptors (Lipinski definition) is 4. The number of rotatable bonds is 4. The van der Waals surface area contributed by atoms with Crippen molar-refractivity contribution in [2.75, 3.05) is 0 Å². The van der Waals surface area contributed by atoms with Crippen molar-refractivity contribution in [2.24, 2.45) is 35.0 Å². The van der Waals surface area contributed by atoms with Gasteiger partial charge in [-0.15, -0.1) is 0 Å². The minimum atomic E-state index is -1.55. The second-order valence-electron chi connectivity index (χ2n) is 6.03. The zero-order valence-corrected chi connectivity index (χ0v) is 11.2. The highest BCUT2D eigenvalue weighted by molar-refractivity contribution is 5.87.